The highest BCUT2D eigenvalue weighted by atomic mass is 31.2. The number of aromatic nitrogens is 4. The first-order chi connectivity index (χ1) is 15.1. The first-order valence-electron chi connectivity index (χ1n) is 10.1. The standard InChI is InChI=1S/C19H27FN5O6P/c1-6-29-32(27,30-7-2)11-28-13-8-12(20)17(31-13)25-10-23-14-15(21-9-22-16(14)25)24-18(26)19(3,4)5/h8-10,13,17H,6-7,11H2,1-5H3,(H,21,22,24,26)/t13-,17+/m0/s1. The Kier molecular flexibility index (Phi) is 7.41. The van der Waals surface area contributed by atoms with Gasteiger partial charge in [-0.2, -0.15) is 0 Å². The molecule has 0 unspecified atom stereocenters. The maximum Gasteiger partial charge on any atom is 0.356 e. The molecule has 0 bridgehead atoms. The van der Waals surface area contributed by atoms with E-state index in [1.807, 2.05) is 0 Å². The fourth-order valence-electron chi connectivity index (χ4n) is 2.81. The van der Waals surface area contributed by atoms with Gasteiger partial charge in [-0.15, -0.1) is 0 Å². The number of hydrogen-bond acceptors (Lipinski definition) is 9. The van der Waals surface area contributed by atoms with Crippen LogP contribution >= 0.6 is 7.60 Å². The lowest BCUT2D eigenvalue weighted by Gasteiger charge is -2.20. The molecular weight excluding hydrogens is 444 g/mol. The lowest BCUT2D eigenvalue weighted by atomic mass is 9.96. The normalized spacial score (nSPS) is 19.4. The van der Waals surface area contributed by atoms with Crippen LogP contribution in [-0.4, -0.2) is 51.3 Å². The van der Waals surface area contributed by atoms with Crippen molar-refractivity contribution in [2.45, 2.75) is 47.1 Å². The summed E-state index contributed by atoms with van der Waals surface area (Å²) in [6, 6.07) is 0. The first kappa shape index (κ1) is 24.4. The molecule has 2 aromatic rings. The molecule has 3 heterocycles. The van der Waals surface area contributed by atoms with Crippen molar-refractivity contribution >= 4 is 30.5 Å². The second kappa shape index (κ2) is 9.72. The van der Waals surface area contributed by atoms with Crippen LogP contribution in [0.4, 0.5) is 10.2 Å². The molecule has 0 fully saturated rings. The van der Waals surface area contributed by atoms with Gasteiger partial charge in [0.25, 0.3) is 0 Å². The van der Waals surface area contributed by atoms with Gasteiger partial charge in [0, 0.05) is 11.5 Å². The quantitative estimate of drug-likeness (QED) is 0.544. The number of fused-ring (bicyclic) bond motifs is 1. The average molecular weight is 471 g/mol. The zero-order chi connectivity index (χ0) is 23.5. The second-order valence-electron chi connectivity index (χ2n) is 7.90. The van der Waals surface area contributed by atoms with Gasteiger partial charge in [-0.25, -0.2) is 19.3 Å². The van der Waals surface area contributed by atoms with Gasteiger partial charge in [-0.1, -0.05) is 20.8 Å². The summed E-state index contributed by atoms with van der Waals surface area (Å²) in [4.78, 5) is 24.8. The van der Waals surface area contributed by atoms with E-state index in [1.54, 1.807) is 34.6 Å². The molecule has 13 heteroatoms. The van der Waals surface area contributed by atoms with Crippen molar-refractivity contribution in [3.8, 4) is 0 Å². The van der Waals surface area contributed by atoms with Crippen molar-refractivity contribution in [3.63, 3.8) is 0 Å². The molecule has 176 valence electrons. The second-order valence-corrected chi connectivity index (χ2v) is 9.90. The number of imidazole rings is 1. The molecule has 2 atom stereocenters. The molecule has 32 heavy (non-hydrogen) atoms. The third-order valence-corrected chi connectivity index (χ3v) is 6.14. The Morgan fingerprint density at radius 2 is 1.94 bits per heavy atom. The van der Waals surface area contributed by atoms with E-state index in [9.17, 15) is 13.8 Å². The van der Waals surface area contributed by atoms with Crippen LogP contribution in [0.1, 0.15) is 40.8 Å². The van der Waals surface area contributed by atoms with Gasteiger partial charge in [-0.05, 0) is 13.8 Å². The summed E-state index contributed by atoms with van der Waals surface area (Å²) in [6.07, 6.45) is 0.966. The number of carbonyl (C=O) groups excluding carboxylic acids is 1. The van der Waals surface area contributed by atoms with Crippen molar-refractivity contribution in [2.75, 3.05) is 24.9 Å². The van der Waals surface area contributed by atoms with Crippen molar-refractivity contribution < 1.29 is 32.3 Å². The van der Waals surface area contributed by atoms with Crippen LogP contribution in [-0.2, 0) is 27.9 Å². The Balaban J connectivity index is 1.76. The van der Waals surface area contributed by atoms with Crippen LogP contribution in [0.5, 0.6) is 0 Å². The smallest absolute Gasteiger partial charge is 0.336 e. The summed E-state index contributed by atoms with van der Waals surface area (Å²) < 4.78 is 49.9. The highest BCUT2D eigenvalue weighted by Gasteiger charge is 2.34. The van der Waals surface area contributed by atoms with E-state index in [2.05, 4.69) is 20.3 Å². The Hall–Kier alpha value is -2.24. The molecule has 0 aromatic carbocycles. The zero-order valence-electron chi connectivity index (χ0n) is 18.6. The van der Waals surface area contributed by atoms with E-state index in [-0.39, 0.29) is 36.1 Å². The summed E-state index contributed by atoms with van der Waals surface area (Å²) in [7, 11) is -3.48. The minimum absolute atomic E-state index is 0.174. The lowest BCUT2D eigenvalue weighted by Crippen LogP contribution is -2.28. The van der Waals surface area contributed by atoms with Crippen LogP contribution in [0.3, 0.4) is 0 Å². The average Bonchev–Trinajstić information content (AvgIpc) is 3.30. The number of anilines is 1. The van der Waals surface area contributed by atoms with Gasteiger partial charge in [-0.3, -0.25) is 13.9 Å². The minimum Gasteiger partial charge on any atom is -0.336 e. The van der Waals surface area contributed by atoms with Gasteiger partial charge < -0.3 is 23.8 Å². The van der Waals surface area contributed by atoms with Crippen LogP contribution < -0.4 is 5.32 Å². The summed E-state index contributed by atoms with van der Waals surface area (Å²) in [5.74, 6) is -0.689. The van der Waals surface area contributed by atoms with E-state index in [1.165, 1.54) is 17.2 Å². The van der Waals surface area contributed by atoms with Crippen molar-refractivity contribution in [3.05, 3.63) is 24.6 Å². The van der Waals surface area contributed by atoms with E-state index >= 15 is 0 Å². The SMILES string of the molecule is CCOP(=O)(CO[C@@H]1C=C(F)[C@H](n2cnc3c(NC(=O)C(C)(C)C)ncnc32)O1)OCC. The largest absolute Gasteiger partial charge is 0.356 e. The van der Waals surface area contributed by atoms with E-state index in [0.717, 1.165) is 6.08 Å². The number of nitrogens with one attached hydrogen (secondary N) is 1. The summed E-state index contributed by atoms with van der Waals surface area (Å²) in [5, 5.41) is 2.71. The molecule has 0 saturated carbocycles. The summed E-state index contributed by atoms with van der Waals surface area (Å²) in [5.41, 5.74) is -0.105. The van der Waals surface area contributed by atoms with Gasteiger partial charge in [0.15, 0.2) is 41.7 Å². The van der Waals surface area contributed by atoms with Crippen molar-refractivity contribution in [2.24, 2.45) is 5.41 Å². The first-order valence-corrected chi connectivity index (χ1v) is 11.8. The molecule has 1 aliphatic heterocycles. The Morgan fingerprint density at radius 3 is 2.56 bits per heavy atom. The molecule has 2 aromatic heterocycles. The van der Waals surface area contributed by atoms with Gasteiger partial charge in [0.1, 0.15) is 6.33 Å². The van der Waals surface area contributed by atoms with Crippen LogP contribution in [0.15, 0.2) is 24.6 Å². The lowest BCUT2D eigenvalue weighted by molar-refractivity contribution is -0.130. The number of rotatable bonds is 9. The molecule has 1 N–H and O–H groups in total. The molecule has 0 spiro atoms. The fraction of sp³-hybridized carbons (Fsp3) is 0.579. The molecule has 0 radical (unpaired) electrons. The molecular formula is C19H27FN5O6P. The van der Waals surface area contributed by atoms with E-state index in [4.69, 9.17) is 18.5 Å². The zero-order valence-corrected chi connectivity index (χ0v) is 19.5. The Bertz CT molecular complexity index is 1040. The van der Waals surface area contributed by atoms with Crippen molar-refractivity contribution in [1.82, 2.24) is 19.5 Å². The van der Waals surface area contributed by atoms with Crippen LogP contribution in [0, 0.1) is 5.41 Å². The number of nitrogens with zero attached hydrogens (tertiary/aromatic N) is 4. The predicted octanol–water partition coefficient (Wildman–Crippen LogP) is 3.76. The molecule has 0 aliphatic carbocycles. The molecule has 0 saturated heterocycles. The van der Waals surface area contributed by atoms with Crippen LogP contribution in [0.2, 0.25) is 0 Å². The summed E-state index contributed by atoms with van der Waals surface area (Å²) >= 11 is 0. The minimum atomic E-state index is -3.48. The summed E-state index contributed by atoms with van der Waals surface area (Å²) in [6.45, 7) is 9.00. The predicted molar refractivity (Wildman–Crippen MR) is 113 cm³/mol. The van der Waals surface area contributed by atoms with Crippen LogP contribution in [0.25, 0.3) is 11.2 Å². The highest BCUT2D eigenvalue weighted by molar-refractivity contribution is 7.53. The number of halogens is 1. The monoisotopic (exact) mass is 471 g/mol. The van der Waals surface area contributed by atoms with E-state index < -0.39 is 37.7 Å². The Morgan fingerprint density at radius 1 is 1.25 bits per heavy atom. The molecule has 11 nitrogen and oxygen atoms in total. The Labute approximate surface area is 184 Å². The highest BCUT2D eigenvalue weighted by Crippen LogP contribution is 2.48. The van der Waals surface area contributed by atoms with Gasteiger partial charge >= 0.3 is 7.60 Å². The third-order valence-electron chi connectivity index (χ3n) is 4.37. The van der Waals surface area contributed by atoms with Gasteiger partial charge in [0.2, 0.25) is 5.91 Å². The number of ether oxygens (including phenoxy) is 2. The van der Waals surface area contributed by atoms with Crippen molar-refractivity contribution in [1.29, 1.82) is 0 Å². The maximum atomic E-state index is 14.7. The molecule has 1 amide bonds. The number of amides is 1. The molecule has 1 aliphatic rings. The van der Waals surface area contributed by atoms with Gasteiger partial charge in [0.05, 0.1) is 19.5 Å². The number of carbonyl (C=O) groups is 1. The molecule has 3 rings (SSSR count). The topological polar surface area (TPSA) is 127 Å². The third kappa shape index (κ3) is 5.38. The van der Waals surface area contributed by atoms with E-state index in [0.29, 0.717) is 0 Å². The maximum absolute atomic E-state index is 14.7. The number of hydrogen-bond donors (Lipinski definition) is 1. The fourth-order valence-corrected chi connectivity index (χ4v) is 4.15.